The highest BCUT2D eigenvalue weighted by Crippen LogP contribution is 2.35. The molecule has 1 aromatic carbocycles. The molecule has 2 heterocycles. The van der Waals surface area contributed by atoms with Gasteiger partial charge in [-0.1, -0.05) is 12.1 Å². The molecule has 0 aromatic heterocycles. The molecule has 2 fully saturated rings. The molecule has 0 spiro atoms. The maximum Gasteiger partial charge on any atom is 0.243 e. The van der Waals surface area contributed by atoms with Gasteiger partial charge < -0.3 is 9.80 Å². The molecule has 0 saturated carbocycles. The lowest BCUT2D eigenvalue weighted by molar-refractivity contribution is -0.131. The maximum atomic E-state index is 12.8. The molecule has 2 aliphatic heterocycles. The van der Waals surface area contributed by atoms with E-state index in [1.807, 2.05) is 32.0 Å². The molecule has 0 bridgehead atoms. The number of fused-ring (bicyclic) bond motifs is 1. The number of likely N-dealkylation sites (tertiary alicyclic amines) is 1. The van der Waals surface area contributed by atoms with E-state index in [9.17, 15) is 13.2 Å². The number of likely N-dealkylation sites (N-methyl/N-ethyl adjacent to an activating group) is 1. The summed E-state index contributed by atoms with van der Waals surface area (Å²) in [6.07, 6.45) is 0. The highest BCUT2D eigenvalue weighted by Gasteiger charge is 2.49. The van der Waals surface area contributed by atoms with Crippen molar-refractivity contribution in [2.24, 2.45) is 11.8 Å². The second-order valence-corrected chi connectivity index (χ2v) is 9.03. The summed E-state index contributed by atoms with van der Waals surface area (Å²) in [6, 6.07) is 6.95. The largest absolute Gasteiger partial charge is 0.341 e. The standard InChI is InChI=1S/C17H25N3O3S/c1-13-5-4-6-15(9-13)24(22,23)20-11-14-10-19(8-7-18(2)3)17(21)16(14)12-20/h4-6,9,14,16H,7-8,10-12H2,1-3H3/t14-,16+/m1/s1. The quantitative estimate of drug-likeness (QED) is 0.781. The maximum absolute atomic E-state index is 12.8. The number of benzene rings is 1. The Hall–Kier alpha value is -1.44. The topological polar surface area (TPSA) is 60.9 Å². The molecule has 3 rings (SSSR count). The summed E-state index contributed by atoms with van der Waals surface area (Å²) in [4.78, 5) is 16.8. The molecule has 6 nitrogen and oxygen atoms in total. The molecule has 2 atom stereocenters. The lowest BCUT2D eigenvalue weighted by Gasteiger charge is -2.23. The van der Waals surface area contributed by atoms with E-state index < -0.39 is 10.0 Å². The Labute approximate surface area is 144 Å². The number of sulfonamides is 1. The first-order valence-electron chi connectivity index (χ1n) is 8.29. The summed E-state index contributed by atoms with van der Waals surface area (Å²) in [5.74, 6) is 0.0229. The summed E-state index contributed by atoms with van der Waals surface area (Å²) in [5, 5.41) is 0. The van der Waals surface area contributed by atoms with Gasteiger partial charge in [0.25, 0.3) is 0 Å². The Balaban J connectivity index is 1.70. The fourth-order valence-electron chi connectivity index (χ4n) is 3.55. The number of nitrogens with zero attached hydrogens (tertiary/aromatic N) is 3. The normalized spacial score (nSPS) is 24.8. The number of hydrogen-bond donors (Lipinski definition) is 0. The Morgan fingerprint density at radius 2 is 1.96 bits per heavy atom. The lowest BCUT2D eigenvalue weighted by atomic mass is 10.0. The number of amides is 1. The number of hydrogen-bond acceptors (Lipinski definition) is 4. The van der Waals surface area contributed by atoms with Crippen LogP contribution in [0.2, 0.25) is 0 Å². The molecule has 0 aliphatic carbocycles. The predicted octanol–water partition coefficient (Wildman–Crippen LogP) is 0.636. The van der Waals surface area contributed by atoms with Gasteiger partial charge >= 0.3 is 0 Å². The smallest absolute Gasteiger partial charge is 0.243 e. The van der Waals surface area contributed by atoms with Crippen LogP contribution in [0.15, 0.2) is 29.2 Å². The van der Waals surface area contributed by atoms with Gasteiger partial charge in [0.2, 0.25) is 15.9 Å². The third-order valence-corrected chi connectivity index (χ3v) is 6.76. The van der Waals surface area contributed by atoms with Crippen molar-refractivity contribution in [3.63, 3.8) is 0 Å². The summed E-state index contributed by atoms with van der Waals surface area (Å²) < 4.78 is 27.1. The van der Waals surface area contributed by atoms with E-state index in [-0.39, 0.29) is 17.7 Å². The minimum absolute atomic E-state index is 0.101. The van der Waals surface area contributed by atoms with Crippen LogP contribution >= 0.6 is 0 Å². The number of rotatable bonds is 5. The van der Waals surface area contributed by atoms with Crippen molar-refractivity contribution < 1.29 is 13.2 Å². The van der Waals surface area contributed by atoms with E-state index in [0.717, 1.165) is 12.1 Å². The fourth-order valence-corrected chi connectivity index (χ4v) is 5.18. The van der Waals surface area contributed by atoms with Gasteiger partial charge in [-0.25, -0.2) is 8.42 Å². The minimum atomic E-state index is -3.52. The summed E-state index contributed by atoms with van der Waals surface area (Å²) in [5.41, 5.74) is 0.918. The van der Waals surface area contributed by atoms with Crippen molar-refractivity contribution >= 4 is 15.9 Å². The van der Waals surface area contributed by atoms with Crippen LogP contribution in [0.25, 0.3) is 0 Å². The zero-order valence-electron chi connectivity index (χ0n) is 14.5. The average Bonchev–Trinajstić information content (AvgIpc) is 3.06. The van der Waals surface area contributed by atoms with Gasteiger partial charge in [0.05, 0.1) is 10.8 Å². The lowest BCUT2D eigenvalue weighted by Crippen LogP contribution is -2.38. The molecule has 2 saturated heterocycles. The number of carbonyl (C=O) groups excluding carboxylic acids is 1. The molecular formula is C17H25N3O3S. The van der Waals surface area contributed by atoms with E-state index in [1.54, 1.807) is 18.2 Å². The molecule has 0 radical (unpaired) electrons. The van der Waals surface area contributed by atoms with Crippen LogP contribution in [0.5, 0.6) is 0 Å². The third-order valence-electron chi connectivity index (χ3n) is 4.94. The molecular weight excluding hydrogens is 326 g/mol. The summed E-state index contributed by atoms with van der Waals surface area (Å²) in [6.45, 7) is 4.82. The van der Waals surface area contributed by atoms with Crippen LogP contribution in [-0.4, -0.2) is 75.2 Å². The van der Waals surface area contributed by atoms with Crippen LogP contribution in [0.1, 0.15) is 5.56 Å². The highest BCUT2D eigenvalue weighted by atomic mass is 32.2. The summed E-state index contributed by atoms with van der Waals surface area (Å²) >= 11 is 0. The van der Waals surface area contributed by atoms with Crippen LogP contribution in [0.4, 0.5) is 0 Å². The Morgan fingerprint density at radius 1 is 1.21 bits per heavy atom. The molecule has 0 unspecified atom stereocenters. The molecule has 1 aromatic rings. The van der Waals surface area contributed by atoms with Crippen LogP contribution < -0.4 is 0 Å². The van der Waals surface area contributed by atoms with Crippen molar-refractivity contribution in [1.82, 2.24) is 14.1 Å². The van der Waals surface area contributed by atoms with Crippen LogP contribution in [0.3, 0.4) is 0 Å². The van der Waals surface area contributed by atoms with Crippen LogP contribution in [0, 0.1) is 18.8 Å². The first-order valence-corrected chi connectivity index (χ1v) is 9.73. The fraction of sp³-hybridized carbons (Fsp3) is 0.588. The molecule has 1 amide bonds. The van der Waals surface area contributed by atoms with Gasteiger partial charge in [-0.05, 0) is 38.7 Å². The molecule has 0 N–H and O–H groups in total. The van der Waals surface area contributed by atoms with E-state index in [2.05, 4.69) is 4.90 Å². The monoisotopic (exact) mass is 351 g/mol. The molecule has 2 aliphatic rings. The first-order chi connectivity index (χ1) is 11.3. The van der Waals surface area contributed by atoms with Gasteiger partial charge in [0.1, 0.15) is 0 Å². The van der Waals surface area contributed by atoms with Gasteiger partial charge in [-0.2, -0.15) is 4.31 Å². The van der Waals surface area contributed by atoms with Crippen molar-refractivity contribution in [2.45, 2.75) is 11.8 Å². The van der Waals surface area contributed by atoms with Gasteiger partial charge in [-0.3, -0.25) is 4.79 Å². The number of aryl methyl sites for hydroxylation is 1. The Morgan fingerprint density at radius 3 is 2.58 bits per heavy atom. The average molecular weight is 351 g/mol. The van der Waals surface area contributed by atoms with E-state index >= 15 is 0 Å². The zero-order valence-corrected chi connectivity index (χ0v) is 15.3. The van der Waals surface area contributed by atoms with Crippen molar-refractivity contribution in [3.05, 3.63) is 29.8 Å². The second-order valence-electron chi connectivity index (χ2n) is 7.09. The Kier molecular flexibility index (Phi) is 4.68. The van der Waals surface area contributed by atoms with Gasteiger partial charge in [0.15, 0.2) is 0 Å². The van der Waals surface area contributed by atoms with Crippen molar-refractivity contribution in [1.29, 1.82) is 0 Å². The molecule has 7 heteroatoms. The Bertz CT molecular complexity index is 732. The van der Waals surface area contributed by atoms with Crippen LogP contribution in [-0.2, 0) is 14.8 Å². The predicted molar refractivity (Wildman–Crippen MR) is 92.1 cm³/mol. The van der Waals surface area contributed by atoms with Gasteiger partial charge in [-0.15, -0.1) is 0 Å². The third kappa shape index (κ3) is 3.20. The highest BCUT2D eigenvalue weighted by molar-refractivity contribution is 7.89. The number of carbonyl (C=O) groups is 1. The molecule has 132 valence electrons. The summed E-state index contributed by atoms with van der Waals surface area (Å²) in [7, 11) is 0.452. The molecule has 24 heavy (non-hydrogen) atoms. The SMILES string of the molecule is Cc1cccc(S(=O)(=O)N2C[C@H]3CN(CCN(C)C)C(=O)[C@H]3C2)c1. The van der Waals surface area contributed by atoms with Gasteiger partial charge in [0, 0.05) is 38.6 Å². The van der Waals surface area contributed by atoms with Crippen molar-refractivity contribution in [3.8, 4) is 0 Å². The van der Waals surface area contributed by atoms with E-state index in [1.165, 1.54) is 4.31 Å². The van der Waals surface area contributed by atoms with Crippen molar-refractivity contribution in [2.75, 3.05) is 46.8 Å². The zero-order chi connectivity index (χ0) is 17.5. The van der Waals surface area contributed by atoms with E-state index in [0.29, 0.717) is 31.1 Å². The first kappa shape index (κ1) is 17.4. The minimum Gasteiger partial charge on any atom is -0.341 e. The van der Waals surface area contributed by atoms with E-state index in [4.69, 9.17) is 0 Å². The second kappa shape index (κ2) is 6.46.